The first-order valence-corrected chi connectivity index (χ1v) is 6.20. The topological polar surface area (TPSA) is 41.1 Å². The number of hydrogen-bond donors (Lipinski definition) is 2. The quantitative estimate of drug-likeness (QED) is 0.741. The Morgan fingerprint density at radius 2 is 1.94 bits per heavy atom. The zero-order valence-electron chi connectivity index (χ0n) is 10.9. The van der Waals surface area contributed by atoms with Gasteiger partial charge in [-0.25, -0.2) is 0 Å². The second kappa shape index (κ2) is 7.07. The van der Waals surface area contributed by atoms with Gasteiger partial charge in [-0.1, -0.05) is 36.8 Å². The molecule has 0 aromatic heterocycles. The smallest absolute Gasteiger partial charge is 0.221 e. The fourth-order valence-electron chi connectivity index (χ4n) is 1.63. The van der Waals surface area contributed by atoms with Crippen LogP contribution in [0, 0.1) is 6.92 Å². The van der Waals surface area contributed by atoms with E-state index in [-0.39, 0.29) is 11.9 Å². The largest absolute Gasteiger partial charge is 0.350 e. The summed E-state index contributed by atoms with van der Waals surface area (Å²) < 4.78 is 0. The van der Waals surface area contributed by atoms with Gasteiger partial charge in [0.25, 0.3) is 0 Å². The van der Waals surface area contributed by atoms with Gasteiger partial charge in [-0.3, -0.25) is 4.79 Å². The maximum atomic E-state index is 11.6. The van der Waals surface area contributed by atoms with E-state index in [2.05, 4.69) is 41.8 Å². The number of nitrogens with one attached hydrogen (secondary N) is 2. The average molecular weight is 234 g/mol. The third-order valence-corrected chi connectivity index (χ3v) is 2.73. The standard InChI is InChI=1S/C14H22N2O/c1-4-15-10-9-14(17)16-12(3)13-7-5-11(2)6-8-13/h5-8,12,15H,4,9-10H2,1-3H3,(H,16,17)/t12-/m0/s1. The van der Waals surface area contributed by atoms with Gasteiger partial charge in [0.1, 0.15) is 0 Å². The summed E-state index contributed by atoms with van der Waals surface area (Å²) >= 11 is 0. The maximum absolute atomic E-state index is 11.6. The number of amides is 1. The summed E-state index contributed by atoms with van der Waals surface area (Å²) in [5.74, 6) is 0.0963. The Labute approximate surface area is 104 Å². The Hall–Kier alpha value is -1.35. The molecule has 0 spiro atoms. The molecule has 0 heterocycles. The lowest BCUT2D eigenvalue weighted by Crippen LogP contribution is -2.29. The van der Waals surface area contributed by atoms with E-state index in [0.717, 1.165) is 18.7 Å². The number of carbonyl (C=O) groups excluding carboxylic acids is 1. The van der Waals surface area contributed by atoms with Gasteiger partial charge < -0.3 is 10.6 Å². The van der Waals surface area contributed by atoms with E-state index in [9.17, 15) is 4.79 Å². The first-order chi connectivity index (χ1) is 8.13. The van der Waals surface area contributed by atoms with Gasteiger partial charge in [-0.05, 0) is 26.0 Å². The number of benzene rings is 1. The van der Waals surface area contributed by atoms with Crippen LogP contribution in [0.1, 0.15) is 37.4 Å². The van der Waals surface area contributed by atoms with Crippen molar-refractivity contribution in [2.45, 2.75) is 33.2 Å². The Bertz CT molecular complexity index is 346. The molecule has 17 heavy (non-hydrogen) atoms. The highest BCUT2D eigenvalue weighted by Gasteiger charge is 2.08. The first kappa shape index (κ1) is 13.7. The highest BCUT2D eigenvalue weighted by molar-refractivity contribution is 5.76. The fraction of sp³-hybridized carbons (Fsp3) is 0.500. The van der Waals surface area contributed by atoms with Crippen molar-refractivity contribution in [3.63, 3.8) is 0 Å². The molecule has 1 atom stereocenters. The number of carbonyl (C=O) groups is 1. The summed E-state index contributed by atoms with van der Waals surface area (Å²) in [5, 5.41) is 6.13. The van der Waals surface area contributed by atoms with Gasteiger partial charge in [-0.15, -0.1) is 0 Å². The lowest BCUT2D eigenvalue weighted by molar-refractivity contribution is -0.121. The molecular formula is C14H22N2O. The summed E-state index contributed by atoms with van der Waals surface area (Å²) in [6.07, 6.45) is 0.532. The minimum Gasteiger partial charge on any atom is -0.350 e. The lowest BCUT2D eigenvalue weighted by Gasteiger charge is -2.14. The minimum atomic E-state index is 0.0738. The molecule has 1 amide bonds. The zero-order valence-corrected chi connectivity index (χ0v) is 10.9. The van der Waals surface area contributed by atoms with Crippen LogP contribution in [0.2, 0.25) is 0 Å². The van der Waals surface area contributed by atoms with Crippen LogP contribution < -0.4 is 10.6 Å². The normalized spacial score (nSPS) is 12.2. The van der Waals surface area contributed by atoms with Crippen LogP contribution in [-0.2, 0) is 4.79 Å². The number of rotatable bonds is 6. The van der Waals surface area contributed by atoms with Crippen molar-refractivity contribution in [3.8, 4) is 0 Å². The second-order valence-corrected chi connectivity index (χ2v) is 4.30. The van der Waals surface area contributed by atoms with Gasteiger partial charge in [0.05, 0.1) is 6.04 Å². The highest BCUT2D eigenvalue weighted by atomic mass is 16.1. The van der Waals surface area contributed by atoms with Crippen molar-refractivity contribution in [2.75, 3.05) is 13.1 Å². The molecule has 0 aliphatic rings. The van der Waals surface area contributed by atoms with Crippen LogP contribution in [0.4, 0.5) is 0 Å². The van der Waals surface area contributed by atoms with Crippen molar-refractivity contribution < 1.29 is 4.79 Å². The lowest BCUT2D eigenvalue weighted by atomic mass is 10.1. The molecule has 1 rings (SSSR count). The molecule has 2 N–H and O–H groups in total. The van der Waals surface area contributed by atoms with E-state index in [1.165, 1.54) is 5.56 Å². The summed E-state index contributed by atoms with van der Waals surface area (Å²) in [5.41, 5.74) is 2.38. The molecule has 0 aliphatic heterocycles. The Kier molecular flexibility index (Phi) is 5.70. The molecule has 0 bridgehead atoms. The SMILES string of the molecule is CCNCCC(=O)N[C@@H](C)c1ccc(C)cc1. The van der Waals surface area contributed by atoms with Crippen molar-refractivity contribution >= 4 is 5.91 Å². The van der Waals surface area contributed by atoms with E-state index in [1.807, 2.05) is 13.8 Å². The fourth-order valence-corrected chi connectivity index (χ4v) is 1.63. The Morgan fingerprint density at radius 1 is 1.29 bits per heavy atom. The van der Waals surface area contributed by atoms with Gasteiger partial charge in [0.15, 0.2) is 0 Å². The van der Waals surface area contributed by atoms with Crippen molar-refractivity contribution in [3.05, 3.63) is 35.4 Å². The molecule has 1 aromatic rings. The molecule has 3 heteroatoms. The predicted molar refractivity (Wildman–Crippen MR) is 70.9 cm³/mol. The van der Waals surface area contributed by atoms with Crippen molar-refractivity contribution in [1.29, 1.82) is 0 Å². The molecule has 0 fully saturated rings. The highest BCUT2D eigenvalue weighted by Crippen LogP contribution is 2.12. The summed E-state index contributed by atoms with van der Waals surface area (Å²) in [4.78, 5) is 11.6. The zero-order chi connectivity index (χ0) is 12.7. The summed E-state index contributed by atoms with van der Waals surface area (Å²) in [7, 11) is 0. The first-order valence-electron chi connectivity index (χ1n) is 6.20. The third kappa shape index (κ3) is 5.00. The molecule has 0 saturated heterocycles. The molecule has 0 aliphatic carbocycles. The van der Waals surface area contributed by atoms with Crippen LogP contribution in [-0.4, -0.2) is 19.0 Å². The minimum absolute atomic E-state index is 0.0738. The molecular weight excluding hydrogens is 212 g/mol. The summed E-state index contributed by atoms with van der Waals surface area (Å²) in [6.45, 7) is 7.75. The molecule has 94 valence electrons. The van der Waals surface area contributed by atoms with E-state index in [0.29, 0.717) is 6.42 Å². The monoisotopic (exact) mass is 234 g/mol. The Morgan fingerprint density at radius 3 is 2.53 bits per heavy atom. The van der Waals surface area contributed by atoms with Crippen LogP contribution in [0.5, 0.6) is 0 Å². The van der Waals surface area contributed by atoms with E-state index in [4.69, 9.17) is 0 Å². The predicted octanol–water partition coefficient (Wildman–Crippen LogP) is 2.17. The average Bonchev–Trinajstić information content (AvgIpc) is 2.30. The van der Waals surface area contributed by atoms with Crippen molar-refractivity contribution in [2.24, 2.45) is 0 Å². The van der Waals surface area contributed by atoms with Gasteiger partial charge in [0, 0.05) is 13.0 Å². The van der Waals surface area contributed by atoms with Crippen LogP contribution in [0.25, 0.3) is 0 Å². The molecule has 0 radical (unpaired) electrons. The maximum Gasteiger partial charge on any atom is 0.221 e. The molecule has 1 aromatic carbocycles. The Balaban J connectivity index is 2.40. The van der Waals surface area contributed by atoms with E-state index >= 15 is 0 Å². The van der Waals surface area contributed by atoms with Gasteiger partial charge in [-0.2, -0.15) is 0 Å². The number of aryl methyl sites for hydroxylation is 1. The van der Waals surface area contributed by atoms with Crippen LogP contribution in [0.3, 0.4) is 0 Å². The molecule has 0 saturated carbocycles. The third-order valence-electron chi connectivity index (χ3n) is 2.73. The van der Waals surface area contributed by atoms with Crippen molar-refractivity contribution in [1.82, 2.24) is 10.6 Å². The van der Waals surface area contributed by atoms with E-state index < -0.39 is 0 Å². The summed E-state index contributed by atoms with van der Waals surface area (Å²) in [6, 6.07) is 8.33. The van der Waals surface area contributed by atoms with Crippen LogP contribution >= 0.6 is 0 Å². The van der Waals surface area contributed by atoms with E-state index in [1.54, 1.807) is 0 Å². The van der Waals surface area contributed by atoms with Crippen LogP contribution in [0.15, 0.2) is 24.3 Å². The molecule has 3 nitrogen and oxygen atoms in total. The second-order valence-electron chi connectivity index (χ2n) is 4.30. The van der Waals surface area contributed by atoms with Gasteiger partial charge in [0.2, 0.25) is 5.91 Å². The number of hydrogen-bond acceptors (Lipinski definition) is 2. The molecule has 0 unspecified atom stereocenters. The van der Waals surface area contributed by atoms with Gasteiger partial charge >= 0.3 is 0 Å².